The average molecular weight is 261 g/mol. The zero-order valence-corrected chi connectivity index (χ0v) is 10.9. The highest BCUT2D eigenvalue weighted by Gasteiger charge is 2.04. The molecule has 2 N–H and O–H groups in total. The van der Waals surface area contributed by atoms with E-state index >= 15 is 0 Å². The summed E-state index contributed by atoms with van der Waals surface area (Å²) in [7, 11) is 0. The third kappa shape index (κ3) is 3.37. The van der Waals surface area contributed by atoms with E-state index < -0.39 is 0 Å². The number of benzene rings is 2. The molecule has 4 heteroatoms. The van der Waals surface area contributed by atoms with E-state index in [2.05, 4.69) is 0 Å². The smallest absolute Gasteiger partial charge is 0.133 e. The number of hydrogen-bond donors (Lipinski definition) is 1. The molecule has 0 amide bonds. The molecular formula is C15H16FNO2. The summed E-state index contributed by atoms with van der Waals surface area (Å²) in [6.07, 6.45) is 0. The summed E-state index contributed by atoms with van der Waals surface area (Å²) < 4.78 is 24.4. The van der Waals surface area contributed by atoms with Crippen molar-refractivity contribution in [2.45, 2.75) is 13.8 Å². The van der Waals surface area contributed by atoms with Crippen LogP contribution in [0.5, 0.6) is 17.2 Å². The third-order valence-electron chi connectivity index (χ3n) is 2.59. The first-order valence-corrected chi connectivity index (χ1v) is 6.06. The number of nitrogens with two attached hydrogens (primary N) is 1. The topological polar surface area (TPSA) is 44.5 Å². The summed E-state index contributed by atoms with van der Waals surface area (Å²) in [6, 6.07) is 9.82. The van der Waals surface area contributed by atoms with Crippen LogP contribution in [0.4, 0.5) is 10.1 Å². The maximum Gasteiger partial charge on any atom is 0.133 e. The first kappa shape index (κ1) is 13.2. The van der Waals surface area contributed by atoms with E-state index in [1.165, 1.54) is 6.07 Å². The summed E-state index contributed by atoms with van der Waals surface area (Å²) in [4.78, 5) is 0. The number of aryl methyl sites for hydroxylation is 1. The van der Waals surface area contributed by atoms with Crippen molar-refractivity contribution in [3.8, 4) is 17.2 Å². The van der Waals surface area contributed by atoms with E-state index in [0.29, 0.717) is 35.1 Å². The van der Waals surface area contributed by atoms with Crippen LogP contribution >= 0.6 is 0 Å². The first-order chi connectivity index (χ1) is 9.08. The molecule has 0 aliphatic rings. The zero-order valence-electron chi connectivity index (χ0n) is 10.9. The second-order valence-electron chi connectivity index (χ2n) is 4.18. The minimum Gasteiger partial charge on any atom is -0.494 e. The second-order valence-corrected chi connectivity index (χ2v) is 4.18. The summed E-state index contributed by atoms with van der Waals surface area (Å²) >= 11 is 0. The Kier molecular flexibility index (Phi) is 3.90. The molecule has 0 fully saturated rings. The predicted molar refractivity (Wildman–Crippen MR) is 73.2 cm³/mol. The lowest BCUT2D eigenvalue weighted by Crippen LogP contribution is -1.95. The molecule has 19 heavy (non-hydrogen) atoms. The van der Waals surface area contributed by atoms with Crippen molar-refractivity contribution >= 4 is 5.69 Å². The number of halogens is 1. The molecule has 0 heterocycles. The van der Waals surface area contributed by atoms with Crippen LogP contribution < -0.4 is 15.2 Å². The quantitative estimate of drug-likeness (QED) is 0.849. The van der Waals surface area contributed by atoms with Gasteiger partial charge in [0.05, 0.1) is 6.61 Å². The molecular weight excluding hydrogens is 245 g/mol. The van der Waals surface area contributed by atoms with Gasteiger partial charge in [0.2, 0.25) is 0 Å². The molecule has 0 atom stereocenters. The van der Waals surface area contributed by atoms with Gasteiger partial charge < -0.3 is 15.2 Å². The summed E-state index contributed by atoms with van der Waals surface area (Å²) in [6.45, 7) is 4.13. The Bertz CT molecular complexity index is 584. The fraction of sp³-hybridized carbons (Fsp3) is 0.200. The molecule has 0 aromatic heterocycles. The lowest BCUT2D eigenvalue weighted by Gasteiger charge is -2.10. The highest BCUT2D eigenvalue weighted by atomic mass is 19.1. The van der Waals surface area contributed by atoms with Crippen molar-refractivity contribution < 1.29 is 13.9 Å². The monoisotopic (exact) mass is 261 g/mol. The molecule has 0 aliphatic heterocycles. The molecule has 0 saturated heterocycles. The Morgan fingerprint density at radius 1 is 1.05 bits per heavy atom. The number of nitrogen functional groups attached to an aromatic ring is 1. The summed E-state index contributed by atoms with van der Waals surface area (Å²) in [5, 5.41) is 0. The largest absolute Gasteiger partial charge is 0.494 e. The van der Waals surface area contributed by atoms with E-state index in [0.717, 1.165) is 0 Å². The molecule has 0 radical (unpaired) electrons. The molecule has 2 aromatic rings. The van der Waals surface area contributed by atoms with Gasteiger partial charge in [-0.25, -0.2) is 4.39 Å². The van der Waals surface area contributed by atoms with Crippen LogP contribution in [0.1, 0.15) is 12.5 Å². The van der Waals surface area contributed by atoms with Gasteiger partial charge in [0.15, 0.2) is 0 Å². The Morgan fingerprint density at radius 3 is 2.47 bits per heavy atom. The van der Waals surface area contributed by atoms with Crippen LogP contribution in [0.25, 0.3) is 0 Å². The fourth-order valence-electron chi connectivity index (χ4n) is 1.68. The third-order valence-corrected chi connectivity index (χ3v) is 2.59. The molecule has 2 rings (SSSR count). The second kappa shape index (κ2) is 5.61. The molecule has 3 nitrogen and oxygen atoms in total. The zero-order chi connectivity index (χ0) is 13.8. The van der Waals surface area contributed by atoms with Gasteiger partial charge in [0.25, 0.3) is 0 Å². The Labute approximate surface area is 111 Å². The van der Waals surface area contributed by atoms with Crippen molar-refractivity contribution in [1.82, 2.24) is 0 Å². The van der Waals surface area contributed by atoms with E-state index in [1.807, 2.05) is 6.92 Å². The molecule has 0 spiro atoms. The predicted octanol–water partition coefficient (Wildman–Crippen LogP) is 3.91. The number of anilines is 1. The van der Waals surface area contributed by atoms with Gasteiger partial charge in [-0.1, -0.05) is 6.07 Å². The van der Waals surface area contributed by atoms with Crippen molar-refractivity contribution in [2.75, 3.05) is 12.3 Å². The van der Waals surface area contributed by atoms with Crippen molar-refractivity contribution in [1.29, 1.82) is 0 Å². The first-order valence-electron chi connectivity index (χ1n) is 6.06. The molecule has 0 unspecified atom stereocenters. The van der Waals surface area contributed by atoms with Crippen molar-refractivity contribution in [3.63, 3.8) is 0 Å². The Hall–Kier alpha value is -2.23. The Balaban J connectivity index is 2.24. The molecule has 0 aliphatic carbocycles. The molecule has 2 aromatic carbocycles. The van der Waals surface area contributed by atoms with Gasteiger partial charge in [-0.15, -0.1) is 0 Å². The number of hydrogen-bond acceptors (Lipinski definition) is 3. The van der Waals surface area contributed by atoms with Gasteiger partial charge in [-0.3, -0.25) is 0 Å². The van der Waals surface area contributed by atoms with Crippen LogP contribution in [-0.2, 0) is 0 Å². The van der Waals surface area contributed by atoms with Crippen molar-refractivity contribution in [2.24, 2.45) is 0 Å². The van der Waals surface area contributed by atoms with Crippen LogP contribution in [0.2, 0.25) is 0 Å². The van der Waals surface area contributed by atoms with Gasteiger partial charge in [0, 0.05) is 30.0 Å². The lowest BCUT2D eigenvalue weighted by atomic mass is 10.2. The SMILES string of the molecule is CCOc1cc(N)cc(Oc2ccc(C)c(F)c2)c1. The minimum atomic E-state index is -0.300. The highest BCUT2D eigenvalue weighted by molar-refractivity contribution is 5.51. The number of ether oxygens (including phenoxy) is 2. The van der Waals surface area contributed by atoms with Crippen LogP contribution in [-0.4, -0.2) is 6.61 Å². The van der Waals surface area contributed by atoms with Crippen LogP contribution in [0.15, 0.2) is 36.4 Å². The van der Waals surface area contributed by atoms with Gasteiger partial charge in [0.1, 0.15) is 23.1 Å². The summed E-state index contributed by atoms with van der Waals surface area (Å²) in [5.74, 6) is 1.28. The van der Waals surface area contributed by atoms with E-state index in [9.17, 15) is 4.39 Å². The molecule has 100 valence electrons. The van der Waals surface area contributed by atoms with E-state index in [1.54, 1.807) is 37.3 Å². The maximum absolute atomic E-state index is 13.4. The van der Waals surface area contributed by atoms with Gasteiger partial charge in [-0.2, -0.15) is 0 Å². The fourth-order valence-corrected chi connectivity index (χ4v) is 1.68. The van der Waals surface area contributed by atoms with Gasteiger partial charge in [-0.05, 0) is 25.5 Å². The molecule has 0 saturated carbocycles. The standard InChI is InChI=1S/C15H16FNO2/c1-3-18-13-6-11(17)7-14(8-13)19-12-5-4-10(2)15(16)9-12/h4-9H,3,17H2,1-2H3. The minimum absolute atomic E-state index is 0.300. The highest BCUT2D eigenvalue weighted by Crippen LogP contribution is 2.29. The number of rotatable bonds is 4. The van der Waals surface area contributed by atoms with Crippen LogP contribution in [0, 0.1) is 12.7 Å². The Morgan fingerprint density at radius 2 is 1.79 bits per heavy atom. The average Bonchev–Trinajstić information content (AvgIpc) is 2.33. The lowest BCUT2D eigenvalue weighted by molar-refractivity contribution is 0.338. The maximum atomic E-state index is 13.4. The summed E-state index contributed by atoms with van der Waals surface area (Å²) in [5.41, 5.74) is 6.88. The van der Waals surface area contributed by atoms with Crippen molar-refractivity contribution in [3.05, 3.63) is 47.8 Å². The molecule has 0 bridgehead atoms. The van der Waals surface area contributed by atoms with E-state index in [4.69, 9.17) is 15.2 Å². The normalized spacial score (nSPS) is 10.3. The van der Waals surface area contributed by atoms with E-state index in [-0.39, 0.29) is 5.82 Å². The van der Waals surface area contributed by atoms with Gasteiger partial charge >= 0.3 is 0 Å². The van der Waals surface area contributed by atoms with Crippen LogP contribution in [0.3, 0.4) is 0 Å².